The summed E-state index contributed by atoms with van der Waals surface area (Å²) in [5, 5.41) is 0. The first-order chi connectivity index (χ1) is 11.2. The molecule has 1 heterocycles. The number of halogens is 2. The maximum absolute atomic E-state index is 13.3. The Bertz CT molecular complexity index is 767. The van der Waals surface area contributed by atoms with E-state index in [9.17, 15) is 8.78 Å². The summed E-state index contributed by atoms with van der Waals surface area (Å²) < 4.78 is 33.2. The van der Waals surface area contributed by atoms with Crippen molar-refractivity contribution < 1.29 is 13.5 Å². The number of hydrogen-bond donors (Lipinski definition) is 0. The molecule has 0 unspecified atom stereocenters. The molecular formula is C18H16F2N2O. The molecule has 0 fully saturated rings. The maximum atomic E-state index is 13.3. The van der Waals surface area contributed by atoms with Gasteiger partial charge in [0.25, 0.3) is 6.43 Å². The van der Waals surface area contributed by atoms with E-state index in [4.69, 9.17) is 4.74 Å². The topological polar surface area (TPSA) is 27.1 Å². The Hall–Kier alpha value is -2.69. The molecule has 0 saturated heterocycles. The second-order valence-corrected chi connectivity index (χ2v) is 5.10. The van der Waals surface area contributed by atoms with E-state index in [1.54, 1.807) is 19.2 Å². The Balaban J connectivity index is 1.98. The Labute approximate surface area is 133 Å². The molecule has 0 aliphatic heterocycles. The van der Waals surface area contributed by atoms with Crippen molar-refractivity contribution in [2.75, 3.05) is 7.11 Å². The van der Waals surface area contributed by atoms with Gasteiger partial charge in [-0.3, -0.25) is 4.57 Å². The predicted octanol–water partition coefficient (Wildman–Crippen LogP) is 4.41. The average molecular weight is 314 g/mol. The highest BCUT2D eigenvalue weighted by Crippen LogP contribution is 2.25. The molecule has 0 atom stereocenters. The first-order valence-electron chi connectivity index (χ1n) is 7.22. The van der Waals surface area contributed by atoms with Crippen LogP contribution in [0, 0.1) is 0 Å². The first-order valence-corrected chi connectivity index (χ1v) is 7.22. The van der Waals surface area contributed by atoms with E-state index in [2.05, 4.69) is 4.98 Å². The number of imidazole rings is 1. The zero-order valence-electron chi connectivity index (χ0n) is 12.6. The minimum atomic E-state index is -2.63. The van der Waals surface area contributed by atoms with E-state index in [0.717, 1.165) is 17.0 Å². The number of methoxy groups -OCH3 is 1. The highest BCUT2D eigenvalue weighted by atomic mass is 19.3. The summed E-state index contributed by atoms with van der Waals surface area (Å²) in [6.45, 7) is 0. The third kappa shape index (κ3) is 3.23. The lowest BCUT2D eigenvalue weighted by Crippen LogP contribution is -2.06. The number of para-hydroxylation sites is 1. The normalized spacial score (nSPS) is 11.0. The Kier molecular flexibility index (Phi) is 4.37. The molecule has 0 spiro atoms. The lowest BCUT2D eigenvalue weighted by Gasteiger charge is -2.12. The van der Waals surface area contributed by atoms with Crippen LogP contribution in [0.25, 0.3) is 5.69 Å². The van der Waals surface area contributed by atoms with Crippen LogP contribution in [0.5, 0.6) is 5.75 Å². The summed E-state index contributed by atoms with van der Waals surface area (Å²) in [4.78, 5) is 3.91. The number of benzene rings is 2. The van der Waals surface area contributed by atoms with Crippen LogP contribution in [0.15, 0.2) is 60.8 Å². The Morgan fingerprint density at radius 1 is 1.04 bits per heavy atom. The molecule has 0 amide bonds. The van der Waals surface area contributed by atoms with Crippen molar-refractivity contribution in [3.8, 4) is 11.4 Å². The zero-order chi connectivity index (χ0) is 16.2. The molecule has 23 heavy (non-hydrogen) atoms. The van der Waals surface area contributed by atoms with E-state index in [1.807, 2.05) is 42.5 Å². The molecule has 0 saturated carbocycles. The fourth-order valence-electron chi connectivity index (χ4n) is 2.51. The Morgan fingerprint density at radius 2 is 1.74 bits per heavy atom. The maximum Gasteiger partial charge on any atom is 0.295 e. The number of ether oxygens (including phenoxy) is 1. The van der Waals surface area contributed by atoms with Gasteiger partial charge in [0.05, 0.1) is 7.11 Å². The van der Waals surface area contributed by atoms with Gasteiger partial charge in [-0.05, 0) is 29.8 Å². The van der Waals surface area contributed by atoms with E-state index < -0.39 is 6.43 Å². The second kappa shape index (κ2) is 6.60. The molecule has 0 aliphatic carbocycles. The largest absolute Gasteiger partial charge is 0.497 e. The van der Waals surface area contributed by atoms with Crippen LogP contribution in [-0.4, -0.2) is 16.7 Å². The number of aromatic nitrogens is 2. The molecule has 0 aliphatic rings. The molecule has 0 radical (unpaired) electrons. The van der Waals surface area contributed by atoms with Crippen LogP contribution in [0.3, 0.4) is 0 Å². The van der Waals surface area contributed by atoms with Gasteiger partial charge in [0.1, 0.15) is 5.75 Å². The summed E-state index contributed by atoms with van der Waals surface area (Å²) in [6.07, 6.45) is -0.600. The molecular weight excluding hydrogens is 298 g/mol. The zero-order valence-corrected chi connectivity index (χ0v) is 12.6. The number of nitrogens with zero attached hydrogens (tertiary/aromatic N) is 2. The van der Waals surface area contributed by atoms with Gasteiger partial charge in [-0.25, -0.2) is 13.8 Å². The molecule has 5 heteroatoms. The van der Waals surface area contributed by atoms with E-state index >= 15 is 0 Å². The average Bonchev–Trinajstić information content (AvgIpc) is 3.00. The van der Waals surface area contributed by atoms with Gasteiger partial charge in [-0.1, -0.05) is 30.3 Å². The van der Waals surface area contributed by atoms with Crippen molar-refractivity contribution >= 4 is 0 Å². The van der Waals surface area contributed by atoms with E-state index in [-0.39, 0.29) is 5.82 Å². The van der Waals surface area contributed by atoms with Gasteiger partial charge >= 0.3 is 0 Å². The molecule has 0 bridgehead atoms. The molecule has 3 nitrogen and oxygen atoms in total. The van der Waals surface area contributed by atoms with E-state index in [0.29, 0.717) is 12.1 Å². The van der Waals surface area contributed by atoms with Gasteiger partial charge < -0.3 is 4.74 Å². The smallest absolute Gasteiger partial charge is 0.295 e. The predicted molar refractivity (Wildman–Crippen MR) is 84.3 cm³/mol. The van der Waals surface area contributed by atoms with Gasteiger partial charge in [0, 0.05) is 24.0 Å². The van der Waals surface area contributed by atoms with Crippen LogP contribution in [0.2, 0.25) is 0 Å². The van der Waals surface area contributed by atoms with Crippen molar-refractivity contribution in [1.82, 2.24) is 9.55 Å². The summed E-state index contributed by atoms with van der Waals surface area (Å²) in [7, 11) is 1.61. The fraction of sp³-hybridized carbons (Fsp3) is 0.167. The highest BCUT2D eigenvalue weighted by Gasteiger charge is 2.19. The number of hydrogen-bond acceptors (Lipinski definition) is 2. The molecule has 2 aromatic carbocycles. The van der Waals surface area contributed by atoms with Gasteiger partial charge in [-0.2, -0.15) is 0 Å². The molecule has 3 rings (SSSR count). The third-order valence-corrected chi connectivity index (χ3v) is 3.62. The van der Waals surface area contributed by atoms with Gasteiger partial charge in [0.15, 0.2) is 5.82 Å². The summed E-state index contributed by atoms with van der Waals surface area (Å²) >= 11 is 0. The van der Waals surface area contributed by atoms with Crippen LogP contribution < -0.4 is 4.74 Å². The minimum Gasteiger partial charge on any atom is -0.497 e. The fourth-order valence-corrected chi connectivity index (χ4v) is 2.51. The quantitative estimate of drug-likeness (QED) is 0.697. The van der Waals surface area contributed by atoms with Crippen LogP contribution >= 0.6 is 0 Å². The van der Waals surface area contributed by atoms with Crippen LogP contribution in [-0.2, 0) is 6.42 Å². The second-order valence-electron chi connectivity index (χ2n) is 5.10. The van der Waals surface area contributed by atoms with E-state index in [1.165, 1.54) is 10.8 Å². The number of rotatable bonds is 5. The van der Waals surface area contributed by atoms with Crippen molar-refractivity contribution in [1.29, 1.82) is 0 Å². The molecule has 0 N–H and O–H groups in total. The monoisotopic (exact) mass is 314 g/mol. The molecule has 118 valence electrons. The van der Waals surface area contributed by atoms with Crippen LogP contribution in [0.4, 0.5) is 8.78 Å². The van der Waals surface area contributed by atoms with Crippen molar-refractivity contribution in [3.05, 3.63) is 77.9 Å². The lowest BCUT2D eigenvalue weighted by atomic mass is 10.1. The highest BCUT2D eigenvalue weighted by molar-refractivity contribution is 5.38. The summed E-state index contributed by atoms with van der Waals surface area (Å²) in [5.74, 6) is 0.526. The summed E-state index contributed by atoms with van der Waals surface area (Å²) in [6, 6.07) is 16.6. The molecule has 3 aromatic rings. The molecule has 1 aromatic heterocycles. The van der Waals surface area contributed by atoms with Crippen molar-refractivity contribution in [2.45, 2.75) is 12.8 Å². The minimum absolute atomic E-state index is 0.236. The SMILES string of the molecule is COc1ccc(Cc2cnc(C(F)F)n2-c2ccccc2)cc1. The summed E-state index contributed by atoms with van der Waals surface area (Å²) in [5.41, 5.74) is 2.41. The van der Waals surface area contributed by atoms with Crippen molar-refractivity contribution in [3.63, 3.8) is 0 Å². The Morgan fingerprint density at radius 3 is 2.35 bits per heavy atom. The van der Waals surface area contributed by atoms with Crippen molar-refractivity contribution in [2.24, 2.45) is 0 Å². The van der Waals surface area contributed by atoms with Gasteiger partial charge in [0.2, 0.25) is 0 Å². The first kappa shape index (κ1) is 15.2. The lowest BCUT2D eigenvalue weighted by molar-refractivity contribution is 0.138. The number of alkyl halides is 2. The third-order valence-electron chi connectivity index (χ3n) is 3.62. The van der Waals surface area contributed by atoms with Crippen LogP contribution in [0.1, 0.15) is 23.5 Å². The van der Waals surface area contributed by atoms with Gasteiger partial charge in [-0.15, -0.1) is 0 Å². The standard InChI is InChI=1S/C18H16F2N2O/c1-23-16-9-7-13(8-10-16)11-15-12-21-18(17(19)20)22(15)14-5-3-2-4-6-14/h2-10,12,17H,11H2,1H3.